The van der Waals surface area contributed by atoms with Gasteiger partial charge in [-0.05, 0) is 25.5 Å². The highest BCUT2D eigenvalue weighted by molar-refractivity contribution is 6.10. The molecule has 3 heterocycles. The molecule has 16 heavy (non-hydrogen) atoms. The average Bonchev–Trinajstić information content (AvgIpc) is 2.98. The van der Waals surface area contributed by atoms with E-state index in [-0.39, 0.29) is 11.8 Å². The topological polar surface area (TPSA) is 57.8 Å². The number of aromatic nitrogens is 2. The summed E-state index contributed by atoms with van der Waals surface area (Å²) in [4.78, 5) is 19.3. The maximum absolute atomic E-state index is 12.2. The molecule has 0 aliphatic carbocycles. The third kappa shape index (κ3) is 1.42. The molecule has 0 bridgehead atoms. The number of nitrogens with one attached hydrogen (secondary N) is 2. The summed E-state index contributed by atoms with van der Waals surface area (Å²) in [6.45, 7) is 0.945. The number of H-pyrrole nitrogens is 1. The smallest absolute Gasteiger partial charge is 0.181 e. The highest BCUT2D eigenvalue weighted by atomic mass is 16.1. The van der Waals surface area contributed by atoms with Crippen molar-refractivity contribution in [1.29, 1.82) is 0 Å². The molecule has 2 aromatic heterocycles. The van der Waals surface area contributed by atoms with Gasteiger partial charge in [0, 0.05) is 23.3 Å². The number of aromatic amines is 1. The summed E-state index contributed by atoms with van der Waals surface area (Å²) >= 11 is 0. The monoisotopic (exact) mass is 215 g/mol. The third-order valence-electron chi connectivity index (χ3n) is 3.13. The molecule has 1 aliphatic heterocycles. The van der Waals surface area contributed by atoms with Crippen molar-refractivity contribution in [2.45, 2.75) is 18.9 Å². The van der Waals surface area contributed by atoms with E-state index in [1.54, 1.807) is 18.6 Å². The lowest BCUT2D eigenvalue weighted by Gasteiger charge is -2.07. The number of carbonyl (C=O) groups excluding carboxylic acids is 1. The van der Waals surface area contributed by atoms with Gasteiger partial charge in [0.05, 0.1) is 17.8 Å². The van der Waals surface area contributed by atoms with Crippen LogP contribution in [0.15, 0.2) is 24.7 Å². The normalized spacial score (nSPS) is 20.4. The fourth-order valence-corrected chi connectivity index (χ4v) is 2.27. The van der Waals surface area contributed by atoms with Gasteiger partial charge in [-0.2, -0.15) is 0 Å². The Hall–Kier alpha value is -1.68. The van der Waals surface area contributed by atoms with Crippen LogP contribution >= 0.6 is 0 Å². The molecule has 4 nitrogen and oxygen atoms in total. The molecule has 0 radical (unpaired) electrons. The Labute approximate surface area is 93.1 Å². The number of Topliss-reactive ketones (excluding diaryl/α,β-unsaturated/α-hetero) is 1. The summed E-state index contributed by atoms with van der Waals surface area (Å²) in [6, 6.07) is 1.88. The van der Waals surface area contributed by atoms with Gasteiger partial charge < -0.3 is 10.3 Å². The largest absolute Gasteiger partial charge is 0.359 e. The van der Waals surface area contributed by atoms with Crippen LogP contribution in [-0.4, -0.2) is 28.3 Å². The van der Waals surface area contributed by atoms with Gasteiger partial charge in [-0.1, -0.05) is 0 Å². The Morgan fingerprint density at radius 3 is 3.25 bits per heavy atom. The SMILES string of the molecule is O=C(c1c[nH]c2cnccc12)C1CCCN1. The zero-order valence-electron chi connectivity index (χ0n) is 8.86. The molecule has 1 aliphatic rings. The van der Waals surface area contributed by atoms with E-state index in [2.05, 4.69) is 15.3 Å². The second kappa shape index (κ2) is 3.72. The van der Waals surface area contributed by atoms with E-state index in [1.165, 1.54) is 0 Å². The number of hydrogen-bond acceptors (Lipinski definition) is 3. The molecule has 1 fully saturated rings. The number of pyridine rings is 1. The standard InChI is InChI=1S/C12H13N3O/c16-12(10-2-1-4-14-10)9-6-15-11-7-13-5-3-8(9)11/h3,5-7,10,14-15H,1-2,4H2. The van der Waals surface area contributed by atoms with E-state index in [1.807, 2.05) is 6.07 Å². The van der Waals surface area contributed by atoms with Crippen LogP contribution in [0.3, 0.4) is 0 Å². The molecule has 1 saturated heterocycles. The van der Waals surface area contributed by atoms with Crippen LogP contribution in [0, 0.1) is 0 Å². The van der Waals surface area contributed by atoms with Gasteiger partial charge in [0.1, 0.15) is 0 Å². The van der Waals surface area contributed by atoms with E-state index < -0.39 is 0 Å². The lowest BCUT2D eigenvalue weighted by Crippen LogP contribution is -2.30. The first-order chi connectivity index (χ1) is 7.86. The molecular formula is C12H13N3O. The van der Waals surface area contributed by atoms with Crippen LogP contribution in [0.1, 0.15) is 23.2 Å². The quantitative estimate of drug-likeness (QED) is 0.746. The van der Waals surface area contributed by atoms with Gasteiger partial charge in [0.2, 0.25) is 0 Å². The maximum Gasteiger partial charge on any atom is 0.181 e. The lowest BCUT2D eigenvalue weighted by molar-refractivity contribution is 0.0954. The summed E-state index contributed by atoms with van der Waals surface area (Å²) in [5.41, 5.74) is 1.70. The van der Waals surface area contributed by atoms with Gasteiger partial charge in [0.25, 0.3) is 0 Å². The Balaban J connectivity index is 2.02. The van der Waals surface area contributed by atoms with Crippen LogP contribution in [-0.2, 0) is 0 Å². The van der Waals surface area contributed by atoms with Crippen LogP contribution in [0.4, 0.5) is 0 Å². The molecule has 0 saturated carbocycles. The number of fused-ring (bicyclic) bond motifs is 1. The van der Waals surface area contributed by atoms with Crippen molar-refractivity contribution < 1.29 is 4.79 Å². The molecule has 4 heteroatoms. The van der Waals surface area contributed by atoms with E-state index in [0.29, 0.717) is 0 Å². The van der Waals surface area contributed by atoms with Crippen LogP contribution < -0.4 is 5.32 Å². The van der Waals surface area contributed by atoms with E-state index in [9.17, 15) is 4.79 Å². The zero-order valence-corrected chi connectivity index (χ0v) is 8.86. The van der Waals surface area contributed by atoms with Gasteiger partial charge >= 0.3 is 0 Å². The number of rotatable bonds is 2. The first-order valence-corrected chi connectivity index (χ1v) is 5.55. The Bertz CT molecular complexity index is 526. The van der Waals surface area contributed by atoms with Gasteiger partial charge in [-0.3, -0.25) is 9.78 Å². The van der Waals surface area contributed by atoms with Crippen molar-refractivity contribution in [1.82, 2.24) is 15.3 Å². The Morgan fingerprint density at radius 2 is 2.44 bits per heavy atom. The summed E-state index contributed by atoms with van der Waals surface area (Å²) < 4.78 is 0. The van der Waals surface area contributed by atoms with E-state index in [4.69, 9.17) is 0 Å². The summed E-state index contributed by atoms with van der Waals surface area (Å²) in [6.07, 6.45) is 7.27. The van der Waals surface area contributed by atoms with Gasteiger partial charge in [0.15, 0.2) is 5.78 Å². The summed E-state index contributed by atoms with van der Waals surface area (Å²) in [5, 5.41) is 4.20. The molecule has 3 rings (SSSR count). The minimum absolute atomic E-state index is 0.00725. The molecule has 0 aromatic carbocycles. The van der Waals surface area contributed by atoms with E-state index in [0.717, 1.165) is 35.9 Å². The molecule has 2 N–H and O–H groups in total. The molecule has 0 spiro atoms. The Morgan fingerprint density at radius 1 is 1.50 bits per heavy atom. The van der Waals surface area contributed by atoms with Crippen molar-refractivity contribution in [2.75, 3.05) is 6.54 Å². The first kappa shape index (κ1) is 9.54. The third-order valence-corrected chi connectivity index (χ3v) is 3.13. The minimum Gasteiger partial charge on any atom is -0.359 e. The van der Waals surface area contributed by atoms with Crippen molar-refractivity contribution in [3.05, 3.63) is 30.2 Å². The van der Waals surface area contributed by atoms with Crippen molar-refractivity contribution in [3.8, 4) is 0 Å². The van der Waals surface area contributed by atoms with E-state index >= 15 is 0 Å². The highest BCUT2D eigenvalue weighted by Crippen LogP contribution is 2.20. The molecule has 82 valence electrons. The van der Waals surface area contributed by atoms with Crippen LogP contribution in [0.2, 0.25) is 0 Å². The second-order valence-corrected chi connectivity index (χ2v) is 4.14. The maximum atomic E-state index is 12.2. The number of nitrogens with zero attached hydrogens (tertiary/aromatic N) is 1. The molecule has 1 unspecified atom stereocenters. The molecule has 1 atom stereocenters. The molecule has 0 amide bonds. The number of ketones is 1. The molecule has 2 aromatic rings. The van der Waals surface area contributed by atoms with Crippen molar-refractivity contribution in [2.24, 2.45) is 0 Å². The first-order valence-electron chi connectivity index (χ1n) is 5.55. The molecular weight excluding hydrogens is 202 g/mol. The second-order valence-electron chi connectivity index (χ2n) is 4.14. The van der Waals surface area contributed by atoms with Gasteiger partial charge in [-0.15, -0.1) is 0 Å². The number of carbonyl (C=O) groups is 1. The predicted octanol–water partition coefficient (Wildman–Crippen LogP) is 1.50. The van der Waals surface area contributed by atoms with Gasteiger partial charge in [-0.25, -0.2) is 0 Å². The highest BCUT2D eigenvalue weighted by Gasteiger charge is 2.24. The minimum atomic E-state index is -0.00725. The summed E-state index contributed by atoms with van der Waals surface area (Å²) in [7, 11) is 0. The lowest BCUT2D eigenvalue weighted by atomic mass is 10.0. The fraction of sp³-hybridized carbons (Fsp3) is 0.333. The van der Waals surface area contributed by atoms with Crippen LogP contribution in [0.25, 0.3) is 10.9 Å². The van der Waals surface area contributed by atoms with Crippen molar-refractivity contribution in [3.63, 3.8) is 0 Å². The Kier molecular flexibility index (Phi) is 2.22. The summed E-state index contributed by atoms with van der Waals surface area (Å²) in [5.74, 6) is 0.190. The van der Waals surface area contributed by atoms with Crippen molar-refractivity contribution >= 4 is 16.7 Å². The average molecular weight is 215 g/mol. The zero-order chi connectivity index (χ0) is 11.0. The number of hydrogen-bond donors (Lipinski definition) is 2. The predicted molar refractivity (Wildman–Crippen MR) is 61.4 cm³/mol. The van der Waals surface area contributed by atoms with Crippen LogP contribution in [0.5, 0.6) is 0 Å². The fourth-order valence-electron chi connectivity index (χ4n) is 2.27.